The lowest BCUT2D eigenvalue weighted by atomic mass is 10.2. The van der Waals surface area contributed by atoms with Crippen molar-refractivity contribution in [2.75, 3.05) is 0 Å². The van der Waals surface area contributed by atoms with Gasteiger partial charge in [-0.15, -0.1) is 0 Å². The second kappa shape index (κ2) is 9.51. The first-order valence-corrected chi connectivity index (χ1v) is 6.15. The highest BCUT2D eigenvalue weighted by molar-refractivity contribution is 5.82. The molecule has 0 atom stereocenters. The smallest absolute Gasteiger partial charge is 0.145 e. The van der Waals surface area contributed by atoms with Gasteiger partial charge < -0.3 is 5.32 Å². The second-order valence-electron chi connectivity index (χ2n) is 4.13. The van der Waals surface area contributed by atoms with Crippen molar-refractivity contribution in [2.45, 2.75) is 27.7 Å². The summed E-state index contributed by atoms with van der Waals surface area (Å²) >= 11 is 0. The Labute approximate surface area is 120 Å². The number of nitrogens with zero attached hydrogens (tertiary/aromatic N) is 2. The number of hydrogen-bond donors (Lipinski definition) is 1. The molecule has 0 aromatic rings. The molecule has 0 aliphatic carbocycles. The SMILES string of the molecule is C=C(/C=C(C)\C=C/C)N/C(C)=N/C(C)=C(F)\C=C\C#N. The van der Waals surface area contributed by atoms with Crippen LogP contribution in [0.15, 0.2) is 64.7 Å². The van der Waals surface area contributed by atoms with E-state index in [1.54, 1.807) is 13.0 Å². The number of halogens is 1. The fourth-order valence-corrected chi connectivity index (χ4v) is 1.42. The van der Waals surface area contributed by atoms with Gasteiger partial charge in [0.25, 0.3) is 0 Å². The van der Waals surface area contributed by atoms with E-state index in [1.165, 1.54) is 6.92 Å². The van der Waals surface area contributed by atoms with Crippen molar-refractivity contribution in [3.8, 4) is 6.07 Å². The molecule has 0 unspecified atom stereocenters. The predicted octanol–water partition coefficient (Wildman–Crippen LogP) is 4.31. The van der Waals surface area contributed by atoms with Gasteiger partial charge in [-0.3, -0.25) is 0 Å². The maximum Gasteiger partial charge on any atom is 0.145 e. The molecule has 0 amide bonds. The summed E-state index contributed by atoms with van der Waals surface area (Å²) in [5.74, 6) is -0.0171. The van der Waals surface area contributed by atoms with Crippen molar-refractivity contribution in [3.63, 3.8) is 0 Å². The molecule has 0 aromatic heterocycles. The summed E-state index contributed by atoms with van der Waals surface area (Å²) in [6.45, 7) is 11.0. The molecule has 20 heavy (non-hydrogen) atoms. The van der Waals surface area contributed by atoms with Gasteiger partial charge in [0.05, 0.1) is 11.8 Å². The van der Waals surface area contributed by atoms with Gasteiger partial charge >= 0.3 is 0 Å². The first kappa shape index (κ1) is 17.6. The van der Waals surface area contributed by atoms with Crippen LogP contribution >= 0.6 is 0 Å². The summed E-state index contributed by atoms with van der Waals surface area (Å²) in [6.07, 6.45) is 7.90. The minimum Gasteiger partial charge on any atom is -0.344 e. The Morgan fingerprint density at radius 1 is 1.30 bits per heavy atom. The second-order valence-corrected chi connectivity index (χ2v) is 4.13. The fraction of sp³-hybridized carbons (Fsp3) is 0.250. The lowest BCUT2D eigenvalue weighted by molar-refractivity contribution is 0.652. The third kappa shape index (κ3) is 7.83. The summed E-state index contributed by atoms with van der Waals surface area (Å²) in [4.78, 5) is 4.06. The van der Waals surface area contributed by atoms with Crippen LogP contribution in [0.2, 0.25) is 0 Å². The average molecular weight is 273 g/mol. The van der Waals surface area contributed by atoms with E-state index >= 15 is 0 Å². The zero-order valence-corrected chi connectivity index (χ0v) is 12.4. The molecule has 0 bridgehead atoms. The first-order valence-electron chi connectivity index (χ1n) is 6.15. The van der Waals surface area contributed by atoms with Crippen molar-refractivity contribution in [3.05, 3.63) is 59.8 Å². The molecule has 106 valence electrons. The van der Waals surface area contributed by atoms with Crippen LogP contribution in [0.4, 0.5) is 4.39 Å². The third-order valence-corrected chi connectivity index (χ3v) is 2.16. The van der Waals surface area contributed by atoms with E-state index in [0.29, 0.717) is 11.5 Å². The highest BCUT2D eigenvalue weighted by Crippen LogP contribution is 2.09. The van der Waals surface area contributed by atoms with Crippen LogP contribution in [-0.2, 0) is 0 Å². The molecule has 0 saturated carbocycles. The maximum atomic E-state index is 13.5. The molecule has 0 aromatic carbocycles. The van der Waals surface area contributed by atoms with Gasteiger partial charge in [-0.05, 0) is 45.4 Å². The van der Waals surface area contributed by atoms with Crippen LogP contribution in [-0.4, -0.2) is 5.84 Å². The predicted molar refractivity (Wildman–Crippen MR) is 82.5 cm³/mol. The monoisotopic (exact) mass is 273 g/mol. The Morgan fingerprint density at radius 2 is 1.95 bits per heavy atom. The molecule has 0 aliphatic heterocycles. The molecule has 1 N–H and O–H groups in total. The van der Waals surface area contributed by atoms with Gasteiger partial charge in [0, 0.05) is 11.8 Å². The van der Waals surface area contributed by atoms with Crippen molar-refractivity contribution >= 4 is 5.84 Å². The molecule has 4 heteroatoms. The van der Waals surface area contributed by atoms with Gasteiger partial charge in [0.2, 0.25) is 0 Å². The quantitative estimate of drug-likeness (QED) is 0.351. The van der Waals surface area contributed by atoms with Crippen LogP contribution in [0.5, 0.6) is 0 Å². The Kier molecular flexibility index (Phi) is 8.36. The van der Waals surface area contributed by atoms with Gasteiger partial charge in [-0.1, -0.05) is 18.7 Å². The number of nitriles is 1. The van der Waals surface area contributed by atoms with Crippen molar-refractivity contribution < 1.29 is 4.39 Å². The number of aliphatic imine (C=N–C) groups is 1. The number of rotatable bonds is 5. The summed E-state index contributed by atoms with van der Waals surface area (Å²) in [7, 11) is 0. The molecule has 0 rings (SSSR count). The Morgan fingerprint density at radius 3 is 2.50 bits per heavy atom. The van der Waals surface area contributed by atoms with Gasteiger partial charge in [-0.25, -0.2) is 9.38 Å². The topological polar surface area (TPSA) is 48.2 Å². The zero-order chi connectivity index (χ0) is 15.5. The maximum absolute atomic E-state index is 13.5. The highest BCUT2D eigenvalue weighted by atomic mass is 19.1. The minimum atomic E-state index is -0.543. The highest BCUT2D eigenvalue weighted by Gasteiger charge is 1.98. The van der Waals surface area contributed by atoms with Gasteiger partial charge in [0.1, 0.15) is 11.7 Å². The van der Waals surface area contributed by atoms with E-state index in [2.05, 4.69) is 16.9 Å². The lowest BCUT2D eigenvalue weighted by Gasteiger charge is -2.06. The number of allylic oxidation sites excluding steroid dienone is 8. The van der Waals surface area contributed by atoms with E-state index in [0.717, 1.165) is 17.7 Å². The minimum absolute atomic E-state index is 0.198. The van der Waals surface area contributed by atoms with Crippen molar-refractivity contribution in [2.24, 2.45) is 4.99 Å². The van der Waals surface area contributed by atoms with Gasteiger partial charge in [-0.2, -0.15) is 5.26 Å². The molecule has 0 aliphatic rings. The molecule has 0 radical (unpaired) electrons. The number of amidine groups is 1. The van der Waals surface area contributed by atoms with Crippen LogP contribution < -0.4 is 5.32 Å². The van der Waals surface area contributed by atoms with Gasteiger partial charge in [0.15, 0.2) is 0 Å². The lowest BCUT2D eigenvalue weighted by Crippen LogP contribution is -2.18. The van der Waals surface area contributed by atoms with E-state index in [9.17, 15) is 4.39 Å². The average Bonchev–Trinajstić information content (AvgIpc) is 2.35. The van der Waals surface area contributed by atoms with E-state index in [1.807, 2.05) is 32.1 Å². The van der Waals surface area contributed by atoms with E-state index in [4.69, 9.17) is 5.26 Å². The molecule has 0 saturated heterocycles. The van der Waals surface area contributed by atoms with Crippen LogP contribution in [0.25, 0.3) is 0 Å². The summed E-state index contributed by atoms with van der Waals surface area (Å²) in [6, 6.07) is 1.73. The molecular formula is C16H20FN3. The van der Waals surface area contributed by atoms with Crippen molar-refractivity contribution in [1.82, 2.24) is 5.32 Å². The summed E-state index contributed by atoms with van der Waals surface area (Å²) in [5, 5.41) is 11.3. The third-order valence-electron chi connectivity index (χ3n) is 2.16. The van der Waals surface area contributed by atoms with E-state index in [-0.39, 0.29) is 5.70 Å². The largest absolute Gasteiger partial charge is 0.344 e. The van der Waals surface area contributed by atoms with E-state index < -0.39 is 5.83 Å². The summed E-state index contributed by atoms with van der Waals surface area (Å²) in [5.41, 5.74) is 1.92. The Bertz CT molecular complexity index is 541. The number of nitrogens with one attached hydrogen (secondary N) is 1. The van der Waals surface area contributed by atoms with Crippen LogP contribution in [0.1, 0.15) is 27.7 Å². The fourth-order valence-electron chi connectivity index (χ4n) is 1.42. The Balaban J connectivity index is 4.85. The zero-order valence-electron chi connectivity index (χ0n) is 12.4. The molecular weight excluding hydrogens is 253 g/mol. The normalized spacial score (nSPS) is 14.4. The van der Waals surface area contributed by atoms with Crippen LogP contribution in [0.3, 0.4) is 0 Å². The van der Waals surface area contributed by atoms with Crippen LogP contribution in [0, 0.1) is 11.3 Å². The summed E-state index contributed by atoms with van der Waals surface area (Å²) < 4.78 is 13.5. The standard InChI is InChI=1S/C16H20FN3/c1-6-8-12(2)11-13(3)19-15(5)20-14(4)16(17)9-7-10-18/h6-9,11H,3H2,1-2,4-5H3,(H,19,20)/b8-6-,9-7+,12-11-,16-14+. The molecule has 3 nitrogen and oxygen atoms in total. The molecule has 0 fully saturated rings. The van der Waals surface area contributed by atoms with Crippen molar-refractivity contribution in [1.29, 1.82) is 5.26 Å². The molecule has 0 heterocycles. The number of hydrogen-bond acceptors (Lipinski definition) is 2. The molecule has 0 spiro atoms. The first-order chi connectivity index (χ1) is 9.40. The Hall–Kier alpha value is -2.41.